The lowest BCUT2D eigenvalue weighted by molar-refractivity contribution is -0.141. The quantitative estimate of drug-likeness (QED) is 0.822. The summed E-state index contributed by atoms with van der Waals surface area (Å²) in [6.45, 7) is 2.25. The summed E-state index contributed by atoms with van der Waals surface area (Å²) in [6, 6.07) is 11.8. The summed E-state index contributed by atoms with van der Waals surface area (Å²) in [5.74, 6) is -0.508. The average molecular weight is 341 g/mol. The summed E-state index contributed by atoms with van der Waals surface area (Å²) >= 11 is 0. The van der Waals surface area contributed by atoms with Crippen LogP contribution in [0.1, 0.15) is 31.0 Å². The van der Waals surface area contributed by atoms with E-state index in [0.717, 1.165) is 24.1 Å². The molecule has 0 spiro atoms. The van der Waals surface area contributed by atoms with Crippen molar-refractivity contribution >= 4 is 11.6 Å². The van der Waals surface area contributed by atoms with E-state index >= 15 is 0 Å². The van der Waals surface area contributed by atoms with E-state index < -0.39 is 5.60 Å². The molecule has 1 atom stereocenters. The van der Waals surface area contributed by atoms with Crippen LogP contribution in [-0.2, 0) is 16.1 Å². The molecule has 0 bridgehead atoms. The maximum atomic E-state index is 13.0. The normalized spacial score (nSPS) is 19.2. The van der Waals surface area contributed by atoms with E-state index in [1.165, 1.54) is 12.1 Å². The Bertz CT molecular complexity index is 762. The number of hydrogen-bond acceptors (Lipinski definition) is 4. The summed E-state index contributed by atoms with van der Waals surface area (Å²) in [4.78, 5) is 22.1. The molecule has 0 unspecified atom stereocenters. The zero-order valence-electron chi connectivity index (χ0n) is 14.0. The lowest BCUT2D eigenvalue weighted by Crippen LogP contribution is -2.45. The molecule has 1 amide bonds. The number of amides is 1. The second kappa shape index (κ2) is 7.42. The predicted octanol–water partition coefficient (Wildman–Crippen LogP) is 2.85. The molecule has 2 heterocycles. The molecule has 1 aromatic carbocycles. The largest absolute Gasteiger partial charge is 0.379 e. The van der Waals surface area contributed by atoms with E-state index in [1.54, 1.807) is 25.3 Å². The molecule has 1 N–H and O–H groups in total. The molecule has 0 saturated carbocycles. The fraction of sp³-hybridized carbons (Fsp3) is 0.316. The lowest BCUT2D eigenvalue weighted by Gasteiger charge is -2.20. The lowest BCUT2D eigenvalue weighted by atomic mass is 9.95. The molecule has 0 aliphatic carbocycles. The highest BCUT2D eigenvalue weighted by Gasteiger charge is 2.41. The number of halogens is 1. The Hall–Kier alpha value is -2.76. The zero-order valence-corrected chi connectivity index (χ0v) is 14.0. The first-order chi connectivity index (χ1) is 12.1. The zero-order chi connectivity index (χ0) is 17.7. The first-order valence-electron chi connectivity index (χ1n) is 8.26. The van der Waals surface area contributed by atoms with Crippen molar-refractivity contribution in [3.05, 3.63) is 65.7 Å². The minimum Gasteiger partial charge on any atom is -0.379 e. The Kier molecular flexibility index (Phi) is 5.07. The Morgan fingerprint density at radius 3 is 2.80 bits per heavy atom. The molecule has 1 aliphatic rings. The Morgan fingerprint density at radius 2 is 2.08 bits per heavy atom. The van der Waals surface area contributed by atoms with Crippen LogP contribution in [0, 0.1) is 5.82 Å². The van der Waals surface area contributed by atoms with Crippen molar-refractivity contribution in [1.82, 2.24) is 10.3 Å². The van der Waals surface area contributed by atoms with E-state index in [1.807, 2.05) is 18.2 Å². The SMILES string of the molecule is C[C@@]1(C(=O)NCCCc2ccccn2)CC(c2ccc(F)cc2)=NO1. The van der Waals surface area contributed by atoms with Crippen molar-refractivity contribution in [2.75, 3.05) is 6.54 Å². The number of benzene rings is 1. The second-order valence-electron chi connectivity index (χ2n) is 6.22. The number of rotatable bonds is 6. The molecule has 2 aromatic rings. The summed E-state index contributed by atoms with van der Waals surface area (Å²) in [7, 11) is 0. The number of hydrogen-bond donors (Lipinski definition) is 1. The number of aryl methyl sites for hydroxylation is 1. The van der Waals surface area contributed by atoms with E-state index in [9.17, 15) is 9.18 Å². The van der Waals surface area contributed by atoms with Gasteiger partial charge in [-0.2, -0.15) is 0 Å². The van der Waals surface area contributed by atoms with Crippen LogP contribution >= 0.6 is 0 Å². The second-order valence-corrected chi connectivity index (χ2v) is 6.22. The van der Waals surface area contributed by atoms with Crippen molar-refractivity contribution < 1.29 is 14.0 Å². The molecular weight excluding hydrogens is 321 g/mol. The summed E-state index contributed by atoms with van der Waals surface area (Å²) in [6.07, 6.45) is 3.71. The van der Waals surface area contributed by atoms with E-state index in [0.29, 0.717) is 18.7 Å². The standard InChI is InChI=1S/C19H20FN3O2/c1-19(13-17(23-25-19)14-7-9-15(20)10-8-14)18(24)22-12-4-6-16-5-2-3-11-21-16/h2-3,5,7-11H,4,6,12-13H2,1H3,(H,22,24)/t19-/m0/s1. The van der Waals surface area contributed by atoms with Gasteiger partial charge in [0.25, 0.3) is 5.91 Å². The Morgan fingerprint density at radius 1 is 1.28 bits per heavy atom. The molecule has 130 valence electrons. The number of aromatic nitrogens is 1. The first kappa shape index (κ1) is 17.1. The molecule has 1 aromatic heterocycles. The highest BCUT2D eigenvalue weighted by atomic mass is 19.1. The average Bonchev–Trinajstić information content (AvgIpc) is 3.04. The molecule has 0 saturated heterocycles. The van der Waals surface area contributed by atoms with Crippen molar-refractivity contribution in [1.29, 1.82) is 0 Å². The van der Waals surface area contributed by atoms with Crippen molar-refractivity contribution in [2.24, 2.45) is 5.16 Å². The van der Waals surface area contributed by atoms with Crippen molar-refractivity contribution in [3.63, 3.8) is 0 Å². The fourth-order valence-electron chi connectivity index (χ4n) is 2.66. The maximum Gasteiger partial charge on any atom is 0.267 e. The van der Waals surface area contributed by atoms with Crippen LogP contribution in [0.4, 0.5) is 4.39 Å². The molecule has 6 heteroatoms. The first-order valence-corrected chi connectivity index (χ1v) is 8.26. The van der Waals surface area contributed by atoms with Gasteiger partial charge in [-0.3, -0.25) is 9.78 Å². The monoisotopic (exact) mass is 341 g/mol. The van der Waals surface area contributed by atoms with Gasteiger partial charge in [0.1, 0.15) is 5.82 Å². The molecule has 0 fully saturated rings. The third-order valence-electron chi connectivity index (χ3n) is 4.14. The van der Waals surface area contributed by atoms with Gasteiger partial charge in [-0.15, -0.1) is 0 Å². The van der Waals surface area contributed by atoms with Crippen LogP contribution in [0.15, 0.2) is 53.8 Å². The number of oxime groups is 1. The fourth-order valence-corrected chi connectivity index (χ4v) is 2.66. The number of nitrogens with zero attached hydrogens (tertiary/aromatic N) is 2. The molecule has 3 rings (SSSR count). The van der Waals surface area contributed by atoms with Crippen LogP contribution in [0.3, 0.4) is 0 Å². The van der Waals surface area contributed by atoms with Crippen LogP contribution in [0.25, 0.3) is 0 Å². The number of pyridine rings is 1. The molecule has 1 aliphatic heterocycles. The smallest absolute Gasteiger partial charge is 0.267 e. The molecule has 0 radical (unpaired) electrons. The highest BCUT2D eigenvalue weighted by molar-refractivity contribution is 6.05. The molecule has 5 nitrogen and oxygen atoms in total. The minimum absolute atomic E-state index is 0.200. The summed E-state index contributed by atoms with van der Waals surface area (Å²) in [5, 5.41) is 6.90. The summed E-state index contributed by atoms with van der Waals surface area (Å²) in [5.41, 5.74) is 1.37. The van der Waals surface area contributed by atoms with Crippen LogP contribution in [0.2, 0.25) is 0 Å². The van der Waals surface area contributed by atoms with Gasteiger partial charge >= 0.3 is 0 Å². The van der Waals surface area contributed by atoms with Gasteiger partial charge in [0.05, 0.1) is 5.71 Å². The Balaban J connectivity index is 1.48. The van der Waals surface area contributed by atoms with Gasteiger partial charge in [-0.1, -0.05) is 23.4 Å². The number of nitrogens with one attached hydrogen (secondary N) is 1. The summed E-state index contributed by atoms with van der Waals surface area (Å²) < 4.78 is 13.0. The van der Waals surface area contributed by atoms with Crippen LogP contribution in [-0.4, -0.2) is 28.7 Å². The number of carbonyl (C=O) groups is 1. The van der Waals surface area contributed by atoms with Gasteiger partial charge < -0.3 is 10.2 Å². The third kappa shape index (κ3) is 4.21. The maximum absolute atomic E-state index is 13.0. The van der Waals surface area contributed by atoms with Crippen LogP contribution in [0.5, 0.6) is 0 Å². The topological polar surface area (TPSA) is 63.6 Å². The highest BCUT2D eigenvalue weighted by Crippen LogP contribution is 2.26. The van der Waals surface area contributed by atoms with E-state index in [4.69, 9.17) is 4.84 Å². The minimum atomic E-state index is -1.03. The van der Waals surface area contributed by atoms with E-state index in [-0.39, 0.29) is 11.7 Å². The van der Waals surface area contributed by atoms with Gasteiger partial charge in [0.2, 0.25) is 5.60 Å². The predicted molar refractivity (Wildman–Crippen MR) is 92.6 cm³/mol. The molecule has 25 heavy (non-hydrogen) atoms. The van der Waals surface area contributed by atoms with Gasteiger partial charge in [-0.25, -0.2) is 4.39 Å². The molecular formula is C19H20FN3O2. The van der Waals surface area contributed by atoms with Crippen molar-refractivity contribution in [3.8, 4) is 0 Å². The van der Waals surface area contributed by atoms with Gasteiger partial charge in [-0.05, 0) is 49.6 Å². The number of carbonyl (C=O) groups excluding carboxylic acids is 1. The Labute approximate surface area is 145 Å². The van der Waals surface area contributed by atoms with Gasteiger partial charge in [0, 0.05) is 24.9 Å². The van der Waals surface area contributed by atoms with Gasteiger partial charge in [0.15, 0.2) is 0 Å². The third-order valence-corrected chi connectivity index (χ3v) is 4.14. The van der Waals surface area contributed by atoms with Crippen molar-refractivity contribution in [2.45, 2.75) is 31.8 Å². The van der Waals surface area contributed by atoms with Crippen LogP contribution < -0.4 is 5.32 Å². The van der Waals surface area contributed by atoms with E-state index in [2.05, 4.69) is 15.5 Å².